The lowest BCUT2D eigenvalue weighted by molar-refractivity contribution is -0.145. The smallest absolute Gasteiger partial charge is 0.327 e. The molecule has 2 aliphatic rings. The van der Waals surface area contributed by atoms with Crippen molar-refractivity contribution in [1.82, 2.24) is 6.15 Å². The highest BCUT2D eigenvalue weighted by atomic mass is 35.5. The topological polar surface area (TPSA) is 145 Å². The summed E-state index contributed by atoms with van der Waals surface area (Å²) < 4.78 is 4.96. The summed E-state index contributed by atoms with van der Waals surface area (Å²) in [5.74, 6) is -0.284. The lowest BCUT2D eigenvalue weighted by atomic mass is 10.2. The normalized spacial score (nSPS) is 18.2. The summed E-state index contributed by atoms with van der Waals surface area (Å²) in [5.41, 5.74) is 4.36. The van der Waals surface area contributed by atoms with Gasteiger partial charge in [0, 0.05) is 6.61 Å². The summed E-state index contributed by atoms with van der Waals surface area (Å²) in [6, 6.07) is 0. The highest BCUT2D eigenvalue weighted by Crippen LogP contribution is 2.43. The number of carbonyl (C=O) groups excluding carboxylic acids is 1. The number of aliphatic hydroxyl groups excluding tert-OH is 1. The maximum absolute atomic E-state index is 11.1. The monoisotopic (exact) mass is 368 g/mol. The summed E-state index contributed by atoms with van der Waals surface area (Å²) in [6.07, 6.45) is 2.82. The van der Waals surface area contributed by atoms with Crippen LogP contribution in [-0.2, 0) is 14.3 Å². The van der Waals surface area contributed by atoms with E-state index in [-0.39, 0.29) is 12.1 Å². The average molecular weight is 369 g/mol. The van der Waals surface area contributed by atoms with Crippen molar-refractivity contribution in [1.29, 1.82) is 0 Å². The fraction of sp³-hybridized carbons (Fsp3) is 0.875. The van der Waals surface area contributed by atoms with E-state index in [9.17, 15) is 9.59 Å². The predicted molar refractivity (Wildman–Crippen MR) is 94.3 cm³/mol. The molecule has 0 aliphatic heterocycles. The van der Waals surface area contributed by atoms with Crippen molar-refractivity contribution in [2.75, 3.05) is 13.2 Å². The SMILES string of the molecule is CC(C)CO.CC(C)COC(=O)C1(Cl)CC1.N.NC1(C(=O)O)CC1. The number of carboxylic acids is 1. The fourth-order valence-corrected chi connectivity index (χ4v) is 1.18. The number of aliphatic hydroxyl groups is 1. The minimum absolute atomic E-state index is 0. The summed E-state index contributed by atoms with van der Waals surface area (Å²) in [6.45, 7) is 8.73. The van der Waals surface area contributed by atoms with Crippen molar-refractivity contribution in [3.05, 3.63) is 0 Å². The van der Waals surface area contributed by atoms with Crippen LogP contribution in [0.3, 0.4) is 0 Å². The number of nitrogens with two attached hydrogens (primary N) is 1. The van der Waals surface area contributed by atoms with Gasteiger partial charge in [0.15, 0.2) is 0 Å². The van der Waals surface area contributed by atoms with Gasteiger partial charge >= 0.3 is 11.9 Å². The number of ether oxygens (including phenoxy) is 1. The molecule has 0 aromatic heterocycles. The zero-order valence-corrected chi connectivity index (χ0v) is 15.9. The molecule has 144 valence electrons. The molecule has 0 heterocycles. The van der Waals surface area contributed by atoms with Crippen LogP contribution in [0.1, 0.15) is 53.4 Å². The van der Waals surface area contributed by atoms with Crippen molar-refractivity contribution in [3.63, 3.8) is 0 Å². The van der Waals surface area contributed by atoms with Crippen LogP contribution in [0.4, 0.5) is 0 Å². The molecule has 7 N–H and O–H groups in total. The van der Waals surface area contributed by atoms with Gasteiger partial charge in [0.2, 0.25) is 0 Å². The molecule has 7 nitrogen and oxygen atoms in total. The Morgan fingerprint density at radius 1 is 1.12 bits per heavy atom. The summed E-state index contributed by atoms with van der Waals surface area (Å²) in [4.78, 5) is 20.4. The zero-order chi connectivity index (χ0) is 18.3. The first-order valence-corrected chi connectivity index (χ1v) is 8.34. The molecule has 0 saturated heterocycles. The van der Waals surface area contributed by atoms with Gasteiger partial charge in [0.25, 0.3) is 0 Å². The average Bonchev–Trinajstić information content (AvgIpc) is 3.37. The second-order valence-corrected chi connectivity index (χ2v) is 7.72. The van der Waals surface area contributed by atoms with E-state index in [1.54, 1.807) is 0 Å². The van der Waals surface area contributed by atoms with Crippen LogP contribution in [0.15, 0.2) is 0 Å². The minimum Gasteiger partial charge on any atom is -0.480 e. The van der Waals surface area contributed by atoms with Gasteiger partial charge in [0.05, 0.1) is 6.61 Å². The molecule has 0 aromatic carbocycles. The van der Waals surface area contributed by atoms with Crippen molar-refractivity contribution < 1.29 is 24.5 Å². The molecule has 8 heteroatoms. The molecule has 2 aliphatic carbocycles. The quantitative estimate of drug-likeness (QED) is 0.430. The lowest BCUT2D eigenvalue weighted by Crippen LogP contribution is -2.31. The van der Waals surface area contributed by atoms with E-state index < -0.39 is 16.4 Å². The molecule has 0 radical (unpaired) electrons. The Morgan fingerprint density at radius 2 is 1.54 bits per heavy atom. The molecule has 0 unspecified atom stereocenters. The Labute approximate surface area is 149 Å². The van der Waals surface area contributed by atoms with Crippen LogP contribution >= 0.6 is 11.6 Å². The van der Waals surface area contributed by atoms with Crippen molar-refractivity contribution in [2.45, 2.75) is 63.8 Å². The number of carbonyl (C=O) groups is 2. The van der Waals surface area contributed by atoms with E-state index >= 15 is 0 Å². The number of carboxylic acid groups (broad SMARTS) is 1. The van der Waals surface area contributed by atoms with E-state index in [0.717, 1.165) is 12.8 Å². The van der Waals surface area contributed by atoms with Crippen LogP contribution in [0.25, 0.3) is 0 Å². The molecule has 2 fully saturated rings. The van der Waals surface area contributed by atoms with Crippen molar-refractivity contribution in [3.8, 4) is 0 Å². The zero-order valence-electron chi connectivity index (χ0n) is 15.2. The highest BCUT2D eigenvalue weighted by Gasteiger charge is 2.49. The molecule has 0 atom stereocenters. The number of esters is 1. The fourth-order valence-electron chi connectivity index (χ4n) is 1.03. The largest absolute Gasteiger partial charge is 0.480 e. The van der Waals surface area contributed by atoms with Crippen LogP contribution in [0.5, 0.6) is 0 Å². The molecule has 0 aromatic rings. The molecular weight excluding hydrogens is 336 g/mol. The van der Waals surface area contributed by atoms with Gasteiger partial charge in [-0.1, -0.05) is 27.7 Å². The van der Waals surface area contributed by atoms with E-state index in [1.807, 2.05) is 27.7 Å². The summed E-state index contributed by atoms with van der Waals surface area (Å²) in [5, 5.41) is 16.3. The standard InChI is InChI=1S/C8H13ClO2.C4H7NO2.C4H10O.H3N/c1-6(2)5-11-7(10)8(9)3-4-8;5-4(1-2-4)3(6)7;1-4(2)3-5;/h6H,3-5H2,1-2H3;1-2,5H2,(H,6,7);4-5H,3H2,1-2H3;1H3. The van der Waals surface area contributed by atoms with E-state index in [0.29, 0.717) is 37.9 Å². The molecule has 0 spiro atoms. The highest BCUT2D eigenvalue weighted by molar-refractivity contribution is 6.36. The van der Waals surface area contributed by atoms with Gasteiger partial charge in [-0.15, -0.1) is 11.6 Å². The minimum atomic E-state index is -0.868. The first kappa shape index (κ1) is 25.4. The Morgan fingerprint density at radius 3 is 1.71 bits per heavy atom. The summed E-state index contributed by atoms with van der Waals surface area (Å²) in [7, 11) is 0. The second kappa shape index (κ2) is 10.9. The van der Waals surface area contributed by atoms with Gasteiger partial charge in [-0.25, -0.2) is 0 Å². The van der Waals surface area contributed by atoms with E-state index in [4.69, 9.17) is 32.3 Å². The van der Waals surface area contributed by atoms with Crippen molar-refractivity contribution in [2.24, 2.45) is 17.6 Å². The first-order valence-electron chi connectivity index (χ1n) is 7.96. The van der Waals surface area contributed by atoms with Crippen LogP contribution in [0.2, 0.25) is 0 Å². The van der Waals surface area contributed by atoms with Gasteiger partial charge in [-0.2, -0.15) is 0 Å². The third-order valence-electron chi connectivity index (χ3n) is 3.18. The van der Waals surface area contributed by atoms with Gasteiger partial charge in [0.1, 0.15) is 10.4 Å². The molecule has 0 amide bonds. The number of hydrogen-bond acceptors (Lipinski definition) is 6. The van der Waals surface area contributed by atoms with Crippen LogP contribution in [0, 0.1) is 11.8 Å². The number of aliphatic carboxylic acids is 1. The third kappa shape index (κ3) is 10.8. The molecule has 0 bridgehead atoms. The van der Waals surface area contributed by atoms with Crippen LogP contribution in [-0.4, -0.2) is 45.8 Å². The Bertz CT molecular complexity index is 394. The van der Waals surface area contributed by atoms with Gasteiger partial charge in [-0.05, 0) is 37.5 Å². The number of alkyl halides is 1. The molecule has 2 saturated carbocycles. The van der Waals surface area contributed by atoms with E-state index in [2.05, 4.69) is 0 Å². The Balaban J connectivity index is 0. The Kier molecular flexibility index (Phi) is 11.5. The second-order valence-electron chi connectivity index (χ2n) is 7.00. The maximum atomic E-state index is 11.1. The predicted octanol–water partition coefficient (Wildman–Crippen LogP) is 2.32. The Hall–Kier alpha value is -0.890. The number of rotatable bonds is 5. The van der Waals surface area contributed by atoms with E-state index in [1.165, 1.54) is 0 Å². The first-order chi connectivity index (χ1) is 10.5. The number of halogens is 1. The third-order valence-corrected chi connectivity index (χ3v) is 3.71. The summed E-state index contributed by atoms with van der Waals surface area (Å²) >= 11 is 5.80. The van der Waals surface area contributed by atoms with Crippen molar-refractivity contribution >= 4 is 23.5 Å². The lowest BCUT2D eigenvalue weighted by Gasteiger charge is -2.09. The van der Waals surface area contributed by atoms with Crippen LogP contribution < -0.4 is 11.9 Å². The maximum Gasteiger partial charge on any atom is 0.327 e. The number of hydrogen-bond donors (Lipinski definition) is 4. The molecule has 24 heavy (non-hydrogen) atoms. The molecule has 2 rings (SSSR count). The van der Waals surface area contributed by atoms with Gasteiger partial charge in [-0.3, -0.25) is 9.59 Å². The van der Waals surface area contributed by atoms with Gasteiger partial charge < -0.3 is 26.8 Å². The molecular formula is C16H33ClN2O5.